The van der Waals surface area contributed by atoms with Crippen LogP contribution in [0.4, 0.5) is 0 Å². The molecule has 0 aliphatic heterocycles. The summed E-state index contributed by atoms with van der Waals surface area (Å²) in [7, 11) is 0. The third-order valence-electron chi connectivity index (χ3n) is 2.10. The molecule has 0 saturated carbocycles. The van der Waals surface area contributed by atoms with Gasteiger partial charge in [-0.1, -0.05) is 40.3 Å². The van der Waals surface area contributed by atoms with Crippen molar-refractivity contribution in [2.45, 2.75) is 40.5 Å². The van der Waals surface area contributed by atoms with E-state index in [1.807, 2.05) is 12.3 Å². The Morgan fingerprint density at radius 1 is 1.31 bits per heavy atom. The molecule has 0 radical (unpaired) electrons. The lowest BCUT2D eigenvalue weighted by Gasteiger charge is -2.05. The Hall–Kier alpha value is -0.850. The number of rotatable bonds is 5. The second-order valence-electron chi connectivity index (χ2n) is 3.39. The van der Waals surface area contributed by atoms with Crippen LogP contribution in [0, 0.1) is 5.92 Å². The van der Waals surface area contributed by atoms with Gasteiger partial charge in [0.05, 0.1) is 0 Å². The standard InChI is InChI=1S/C12H21N/c1-6-11(7-2)9-13-12(8-3)10(4)5/h6,9-10H,1,7-8H2,2-5H3/b11-9+,13-12?. The second kappa shape index (κ2) is 6.64. The molecule has 1 nitrogen and oxygen atoms in total. The van der Waals surface area contributed by atoms with Crippen LogP contribution in [0.3, 0.4) is 0 Å². The van der Waals surface area contributed by atoms with E-state index in [0.29, 0.717) is 5.92 Å². The van der Waals surface area contributed by atoms with E-state index >= 15 is 0 Å². The summed E-state index contributed by atoms with van der Waals surface area (Å²) in [5, 5.41) is 0. The topological polar surface area (TPSA) is 12.4 Å². The number of aliphatic imine (C=N–C) groups is 1. The first-order valence-electron chi connectivity index (χ1n) is 5.03. The maximum Gasteiger partial charge on any atom is 0.0299 e. The monoisotopic (exact) mass is 179 g/mol. The molecule has 13 heavy (non-hydrogen) atoms. The lowest BCUT2D eigenvalue weighted by atomic mass is 10.1. The highest BCUT2D eigenvalue weighted by Crippen LogP contribution is 2.05. The average Bonchev–Trinajstić information content (AvgIpc) is 2.12. The molecule has 0 aromatic carbocycles. The van der Waals surface area contributed by atoms with Crippen molar-refractivity contribution in [2.24, 2.45) is 10.9 Å². The van der Waals surface area contributed by atoms with Crippen molar-refractivity contribution in [3.05, 3.63) is 24.4 Å². The fraction of sp³-hybridized carbons (Fsp3) is 0.583. The first kappa shape index (κ1) is 12.2. The van der Waals surface area contributed by atoms with E-state index in [1.165, 1.54) is 11.3 Å². The predicted octanol–water partition coefficient (Wildman–Crippen LogP) is 3.97. The van der Waals surface area contributed by atoms with Crippen LogP contribution in [-0.2, 0) is 0 Å². The van der Waals surface area contributed by atoms with Gasteiger partial charge in [0.15, 0.2) is 0 Å². The maximum absolute atomic E-state index is 4.47. The minimum absolute atomic E-state index is 0.546. The van der Waals surface area contributed by atoms with E-state index < -0.39 is 0 Å². The van der Waals surface area contributed by atoms with Gasteiger partial charge < -0.3 is 0 Å². The Bertz CT molecular complexity index is 209. The maximum atomic E-state index is 4.47. The van der Waals surface area contributed by atoms with Crippen LogP contribution >= 0.6 is 0 Å². The van der Waals surface area contributed by atoms with Crippen LogP contribution in [-0.4, -0.2) is 5.71 Å². The molecule has 0 bridgehead atoms. The van der Waals surface area contributed by atoms with Crippen LogP contribution < -0.4 is 0 Å². The summed E-state index contributed by atoms with van der Waals surface area (Å²) in [5.41, 5.74) is 2.46. The molecular formula is C12H21N. The predicted molar refractivity (Wildman–Crippen MR) is 61.1 cm³/mol. The van der Waals surface area contributed by atoms with Crippen molar-refractivity contribution >= 4 is 5.71 Å². The first-order valence-corrected chi connectivity index (χ1v) is 5.03. The van der Waals surface area contributed by atoms with Gasteiger partial charge in [-0.3, -0.25) is 4.99 Å². The Labute approximate surface area is 82.3 Å². The van der Waals surface area contributed by atoms with Gasteiger partial charge in [0, 0.05) is 11.9 Å². The molecule has 0 spiro atoms. The molecule has 0 aromatic heterocycles. The van der Waals surface area contributed by atoms with E-state index in [-0.39, 0.29) is 0 Å². The molecule has 0 heterocycles. The molecule has 74 valence electrons. The largest absolute Gasteiger partial charge is 0.265 e. The minimum Gasteiger partial charge on any atom is -0.265 e. The Morgan fingerprint density at radius 2 is 1.92 bits per heavy atom. The highest BCUT2D eigenvalue weighted by Gasteiger charge is 2.00. The zero-order chi connectivity index (χ0) is 10.3. The van der Waals surface area contributed by atoms with Gasteiger partial charge >= 0.3 is 0 Å². The van der Waals surface area contributed by atoms with Gasteiger partial charge in [-0.15, -0.1) is 0 Å². The zero-order valence-electron chi connectivity index (χ0n) is 9.30. The Morgan fingerprint density at radius 3 is 2.23 bits per heavy atom. The van der Waals surface area contributed by atoms with Crippen LogP contribution in [0.5, 0.6) is 0 Å². The van der Waals surface area contributed by atoms with Crippen molar-refractivity contribution < 1.29 is 0 Å². The van der Waals surface area contributed by atoms with E-state index in [1.54, 1.807) is 0 Å². The van der Waals surface area contributed by atoms with Gasteiger partial charge in [0.1, 0.15) is 0 Å². The van der Waals surface area contributed by atoms with E-state index in [0.717, 1.165) is 12.8 Å². The van der Waals surface area contributed by atoms with Gasteiger partial charge in [-0.05, 0) is 24.3 Å². The van der Waals surface area contributed by atoms with Crippen LogP contribution in [0.25, 0.3) is 0 Å². The third-order valence-corrected chi connectivity index (χ3v) is 2.10. The minimum atomic E-state index is 0.546. The van der Waals surface area contributed by atoms with Gasteiger partial charge in [0.25, 0.3) is 0 Å². The fourth-order valence-corrected chi connectivity index (χ4v) is 1.10. The normalized spacial score (nSPS) is 13.6. The molecule has 0 aromatic rings. The van der Waals surface area contributed by atoms with E-state index in [9.17, 15) is 0 Å². The molecule has 0 amide bonds. The van der Waals surface area contributed by atoms with Gasteiger partial charge in [0.2, 0.25) is 0 Å². The SMILES string of the molecule is C=C/C(=C\N=C(CC)C(C)C)CC. The number of hydrogen-bond acceptors (Lipinski definition) is 1. The van der Waals surface area contributed by atoms with Gasteiger partial charge in [-0.2, -0.15) is 0 Å². The van der Waals surface area contributed by atoms with Crippen LogP contribution in [0.1, 0.15) is 40.5 Å². The quantitative estimate of drug-likeness (QED) is 0.447. The number of nitrogens with zero attached hydrogens (tertiary/aromatic N) is 1. The molecule has 0 saturated heterocycles. The third kappa shape index (κ3) is 4.66. The molecule has 0 rings (SSSR count). The first-order chi connectivity index (χ1) is 6.15. The highest BCUT2D eigenvalue weighted by atomic mass is 14.7. The lowest BCUT2D eigenvalue weighted by Crippen LogP contribution is -2.04. The summed E-state index contributed by atoms with van der Waals surface area (Å²) in [6.07, 6.45) is 5.84. The summed E-state index contributed by atoms with van der Waals surface area (Å²) in [4.78, 5) is 4.47. The van der Waals surface area contributed by atoms with Crippen molar-refractivity contribution in [3.63, 3.8) is 0 Å². The summed E-state index contributed by atoms with van der Waals surface area (Å²) in [6.45, 7) is 12.4. The zero-order valence-corrected chi connectivity index (χ0v) is 9.30. The smallest absolute Gasteiger partial charge is 0.0299 e. The Kier molecular flexibility index (Phi) is 6.21. The summed E-state index contributed by atoms with van der Waals surface area (Å²) < 4.78 is 0. The molecular weight excluding hydrogens is 158 g/mol. The number of allylic oxidation sites excluding steroid dienone is 2. The Balaban J connectivity index is 4.51. The van der Waals surface area contributed by atoms with Crippen LogP contribution in [0.2, 0.25) is 0 Å². The van der Waals surface area contributed by atoms with Crippen molar-refractivity contribution in [1.82, 2.24) is 0 Å². The summed E-state index contributed by atoms with van der Waals surface area (Å²) >= 11 is 0. The molecule has 0 aliphatic carbocycles. The molecule has 1 heteroatoms. The fourth-order valence-electron chi connectivity index (χ4n) is 1.10. The summed E-state index contributed by atoms with van der Waals surface area (Å²) in [5.74, 6) is 0.546. The molecule has 0 fully saturated rings. The van der Waals surface area contributed by atoms with E-state index in [4.69, 9.17) is 0 Å². The molecule has 0 aliphatic rings. The molecule has 0 N–H and O–H groups in total. The lowest BCUT2D eigenvalue weighted by molar-refractivity contribution is 0.856. The second-order valence-corrected chi connectivity index (χ2v) is 3.39. The molecule has 0 unspecified atom stereocenters. The highest BCUT2D eigenvalue weighted by molar-refractivity contribution is 5.86. The van der Waals surface area contributed by atoms with Crippen molar-refractivity contribution in [3.8, 4) is 0 Å². The summed E-state index contributed by atoms with van der Waals surface area (Å²) in [6, 6.07) is 0. The van der Waals surface area contributed by atoms with Crippen LogP contribution in [0.15, 0.2) is 29.4 Å². The van der Waals surface area contributed by atoms with Crippen molar-refractivity contribution in [2.75, 3.05) is 0 Å². The van der Waals surface area contributed by atoms with E-state index in [2.05, 4.69) is 39.3 Å². The van der Waals surface area contributed by atoms with Crippen molar-refractivity contribution in [1.29, 1.82) is 0 Å². The molecule has 0 atom stereocenters. The van der Waals surface area contributed by atoms with Gasteiger partial charge in [-0.25, -0.2) is 0 Å². The number of hydrogen-bond donors (Lipinski definition) is 0. The average molecular weight is 179 g/mol.